The van der Waals surface area contributed by atoms with E-state index in [2.05, 4.69) is 0 Å². The Labute approximate surface area is 80.3 Å². The van der Waals surface area contributed by atoms with Crippen molar-refractivity contribution >= 4 is 6.29 Å². The molecule has 0 aromatic heterocycles. The molecule has 1 aliphatic rings. The van der Waals surface area contributed by atoms with Crippen LogP contribution in [0, 0.1) is 5.41 Å². The molecular weight excluding hydrogens is 164 g/mol. The topological polar surface area (TPSA) is 37.3 Å². The first-order valence-electron chi connectivity index (χ1n) is 5.33. The van der Waals surface area contributed by atoms with Gasteiger partial charge in [-0.3, -0.25) is 0 Å². The first kappa shape index (κ1) is 10.7. The Hall–Kier alpha value is -0.370. The van der Waals surface area contributed by atoms with Crippen molar-refractivity contribution in [2.75, 3.05) is 0 Å². The van der Waals surface area contributed by atoms with E-state index in [1.54, 1.807) is 6.92 Å². The molecule has 1 fully saturated rings. The summed E-state index contributed by atoms with van der Waals surface area (Å²) in [4.78, 5) is 11.1. The van der Waals surface area contributed by atoms with Crippen LogP contribution in [0.15, 0.2) is 0 Å². The minimum Gasteiger partial charge on any atom is -0.393 e. The second-order valence-electron chi connectivity index (χ2n) is 4.45. The molecular formula is C11H20O2. The van der Waals surface area contributed by atoms with Crippen LogP contribution in [0.5, 0.6) is 0 Å². The Bertz CT molecular complexity index is 155. The van der Waals surface area contributed by atoms with Gasteiger partial charge in [0.05, 0.1) is 6.10 Å². The summed E-state index contributed by atoms with van der Waals surface area (Å²) in [7, 11) is 0. The molecule has 1 N–H and O–H groups in total. The molecule has 2 heteroatoms. The SMILES string of the molecule is CC(O)CC1(C=O)CCCCCC1. The van der Waals surface area contributed by atoms with Crippen molar-refractivity contribution in [2.45, 2.75) is 58.0 Å². The maximum Gasteiger partial charge on any atom is 0.126 e. The average Bonchev–Trinajstić information content (AvgIpc) is 2.30. The summed E-state index contributed by atoms with van der Waals surface area (Å²) < 4.78 is 0. The predicted molar refractivity (Wildman–Crippen MR) is 52.5 cm³/mol. The van der Waals surface area contributed by atoms with Gasteiger partial charge in [-0.25, -0.2) is 0 Å². The second-order valence-corrected chi connectivity index (χ2v) is 4.45. The van der Waals surface area contributed by atoms with E-state index >= 15 is 0 Å². The van der Waals surface area contributed by atoms with E-state index in [0.717, 1.165) is 32.0 Å². The third kappa shape index (κ3) is 3.11. The minimum absolute atomic E-state index is 0.204. The smallest absolute Gasteiger partial charge is 0.126 e. The van der Waals surface area contributed by atoms with E-state index in [9.17, 15) is 9.90 Å². The molecule has 0 aromatic rings. The third-order valence-corrected chi connectivity index (χ3v) is 3.05. The van der Waals surface area contributed by atoms with Crippen LogP contribution in [0.25, 0.3) is 0 Å². The largest absolute Gasteiger partial charge is 0.393 e. The first-order valence-corrected chi connectivity index (χ1v) is 5.33. The van der Waals surface area contributed by atoms with Gasteiger partial charge < -0.3 is 9.90 Å². The normalized spacial score (nSPS) is 24.8. The standard InChI is InChI=1S/C11H20O2/c1-10(13)8-11(9-12)6-4-2-3-5-7-11/h9-10,13H,2-8H2,1H3. The molecule has 0 heterocycles. The maximum absolute atomic E-state index is 11.1. The molecule has 1 rings (SSSR count). The van der Waals surface area contributed by atoms with Gasteiger partial charge in [-0.1, -0.05) is 25.7 Å². The Morgan fingerprint density at radius 3 is 2.23 bits per heavy atom. The van der Waals surface area contributed by atoms with Crippen LogP contribution in [-0.2, 0) is 4.79 Å². The van der Waals surface area contributed by atoms with Crippen molar-refractivity contribution in [1.29, 1.82) is 0 Å². The van der Waals surface area contributed by atoms with Gasteiger partial charge in [0, 0.05) is 5.41 Å². The zero-order valence-corrected chi connectivity index (χ0v) is 8.46. The molecule has 1 saturated carbocycles. The molecule has 0 saturated heterocycles. The summed E-state index contributed by atoms with van der Waals surface area (Å²) in [5.41, 5.74) is -0.204. The van der Waals surface area contributed by atoms with Gasteiger partial charge in [0.2, 0.25) is 0 Å². The van der Waals surface area contributed by atoms with Crippen molar-refractivity contribution < 1.29 is 9.90 Å². The number of rotatable bonds is 3. The zero-order chi connectivity index (χ0) is 9.73. The van der Waals surface area contributed by atoms with Gasteiger partial charge in [-0.05, 0) is 26.2 Å². The lowest BCUT2D eigenvalue weighted by atomic mass is 9.77. The molecule has 76 valence electrons. The fourth-order valence-corrected chi connectivity index (χ4v) is 2.39. The summed E-state index contributed by atoms with van der Waals surface area (Å²) in [5, 5.41) is 9.33. The molecule has 13 heavy (non-hydrogen) atoms. The van der Waals surface area contributed by atoms with Crippen LogP contribution in [0.1, 0.15) is 51.9 Å². The van der Waals surface area contributed by atoms with Crippen LogP contribution in [0.3, 0.4) is 0 Å². The molecule has 2 nitrogen and oxygen atoms in total. The fraction of sp³-hybridized carbons (Fsp3) is 0.909. The highest BCUT2D eigenvalue weighted by atomic mass is 16.3. The lowest BCUT2D eigenvalue weighted by molar-refractivity contribution is -0.118. The highest BCUT2D eigenvalue weighted by molar-refractivity contribution is 5.59. The lowest BCUT2D eigenvalue weighted by Gasteiger charge is -2.27. The Kier molecular flexibility index (Phi) is 3.91. The molecule has 1 unspecified atom stereocenters. The second kappa shape index (κ2) is 4.75. The summed E-state index contributed by atoms with van der Waals surface area (Å²) >= 11 is 0. The Morgan fingerprint density at radius 1 is 1.31 bits per heavy atom. The van der Waals surface area contributed by atoms with E-state index in [-0.39, 0.29) is 11.5 Å². The van der Waals surface area contributed by atoms with E-state index in [1.165, 1.54) is 12.8 Å². The molecule has 0 aromatic carbocycles. The maximum atomic E-state index is 11.1. The number of aliphatic hydroxyl groups is 1. The van der Waals surface area contributed by atoms with Crippen LogP contribution < -0.4 is 0 Å². The zero-order valence-electron chi connectivity index (χ0n) is 8.46. The first-order chi connectivity index (χ1) is 6.18. The van der Waals surface area contributed by atoms with Crippen molar-refractivity contribution in [3.05, 3.63) is 0 Å². The van der Waals surface area contributed by atoms with Crippen molar-refractivity contribution in [2.24, 2.45) is 5.41 Å². The highest BCUT2D eigenvalue weighted by Crippen LogP contribution is 2.37. The monoisotopic (exact) mass is 184 g/mol. The van der Waals surface area contributed by atoms with Crippen LogP contribution in [0.4, 0.5) is 0 Å². The number of aldehydes is 1. The molecule has 0 amide bonds. The van der Waals surface area contributed by atoms with Gasteiger partial charge in [0.1, 0.15) is 6.29 Å². The molecule has 1 atom stereocenters. The van der Waals surface area contributed by atoms with E-state index in [0.29, 0.717) is 6.42 Å². The predicted octanol–water partition coefficient (Wildman–Crippen LogP) is 2.30. The fourth-order valence-electron chi connectivity index (χ4n) is 2.39. The number of carbonyl (C=O) groups excluding carboxylic acids is 1. The van der Waals surface area contributed by atoms with Crippen LogP contribution in [0.2, 0.25) is 0 Å². The number of hydrogen-bond donors (Lipinski definition) is 1. The summed E-state index contributed by atoms with van der Waals surface area (Å²) in [6.45, 7) is 1.77. The quantitative estimate of drug-likeness (QED) is 0.540. The van der Waals surface area contributed by atoms with Gasteiger partial charge in [0.15, 0.2) is 0 Å². The Balaban J connectivity index is 2.59. The lowest BCUT2D eigenvalue weighted by Crippen LogP contribution is -2.26. The number of hydrogen-bond acceptors (Lipinski definition) is 2. The highest BCUT2D eigenvalue weighted by Gasteiger charge is 2.31. The Morgan fingerprint density at radius 2 is 1.85 bits per heavy atom. The number of carbonyl (C=O) groups is 1. The molecule has 1 aliphatic carbocycles. The molecule has 0 radical (unpaired) electrons. The number of aliphatic hydroxyl groups excluding tert-OH is 1. The minimum atomic E-state index is -0.344. The molecule has 0 bridgehead atoms. The van der Waals surface area contributed by atoms with Crippen molar-refractivity contribution in [3.8, 4) is 0 Å². The van der Waals surface area contributed by atoms with E-state index in [1.807, 2.05) is 0 Å². The third-order valence-electron chi connectivity index (χ3n) is 3.05. The van der Waals surface area contributed by atoms with Crippen LogP contribution in [-0.4, -0.2) is 17.5 Å². The van der Waals surface area contributed by atoms with E-state index in [4.69, 9.17) is 0 Å². The summed E-state index contributed by atoms with van der Waals surface area (Å²) in [6, 6.07) is 0. The van der Waals surface area contributed by atoms with Gasteiger partial charge in [-0.15, -0.1) is 0 Å². The van der Waals surface area contributed by atoms with Gasteiger partial charge in [-0.2, -0.15) is 0 Å². The van der Waals surface area contributed by atoms with Crippen LogP contribution >= 0.6 is 0 Å². The van der Waals surface area contributed by atoms with E-state index < -0.39 is 0 Å². The van der Waals surface area contributed by atoms with Crippen molar-refractivity contribution in [1.82, 2.24) is 0 Å². The van der Waals surface area contributed by atoms with Crippen molar-refractivity contribution in [3.63, 3.8) is 0 Å². The van der Waals surface area contributed by atoms with Gasteiger partial charge in [0.25, 0.3) is 0 Å². The summed E-state index contributed by atoms with van der Waals surface area (Å²) in [5.74, 6) is 0. The summed E-state index contributed by atoms with van der Waals surface area (Å²) in [6.07, 6.45) is 8.12. The molecule has 0 aliphatic heterocycles. The average molecular weight is 184 g/mol. The van der Waals surface area contributed by atoms with Gasteiger partial charge >= 0.3 is 0 Å². The molecule has 0 spiro atoms.